The molecule has 2 rings (SSSR count). The van der Waals surface area contributed by atoms with Crippen LogP contribution in [0.5, 0.6) is 0 Å². The Labute approximate surface area is 119 Å². The Hall–Kier alpha value is -1.76. The van der Waals surface area contributed by atoms with Crippen molar-refractivity contribution in [1.82, 2.24) is 14.8 Å². The number of benzene rings is 1. The normalized spacial score (nSPS) is 12.4. The molecule has 0 amide bonds. The minimum atomic E-state index is -1.03. The molecule has 7 heteroatoms. The molecule has 0 aliphatic carbocycles. The Bertz CT molecular complexity index is 657. The molecule has 1 aromatic heterocycles. The summed E-state index contributed by atoms with van der Waals surface area (Å²) in [6.07, 6.45) is 0. The molecule has 0 saturated carbocycles. The van der Waals surface area contributed by atoms with Gasteiger partial charge in [0.25, 0.3) is 0 Å². The number of hydrogen-bond acceptors (Lipinski definition) is 4. The van der Waals surface area contributed by atoms with E-state index in [9.17, 15) is 13.6 Å². The SMILES string of the molecule is Cc1nnc(SC(C)C(=O)c2ccc(F)c(F)c2)n1C. The zero-order valence-electron chi connectivity index (χ0n) is 11.2. The van der Waals surface area contributed by atoms with E-state index in [0.717, 1.165) is 18.0 Å². The molecule has 0 aliphatic rings. The number of thioether (sulfide) groups is 1. The standard InChI is InChI=1S/C13H13F2N3OS/c1-7(20-13-17-16-8(2)18(13)3)12(19)9-4-5-10(14)11(15)6-9/h4-7H,1-3H3. The predicted octanol–water partition coefficient (Wildman–Crippen LogP) is 2.77. The quantitative estimate of drug-likeness (QED) is 0.643. The van der Waals surface area contributed by atoms with Gasteiger partial charge < -0.3 is 4.57 Å². The monoisotopic (exact) mass is 297 g/mol. The molecule has 0 saturated heterocycles. The first kappa shape index (κ1) is 14.6. The number of nitrogens with zero attached hydrogens (tertiary/aromatic N) is 3. The van der Waals surface area contributed by atoms with Crippen molar-refractivity contribution < 1.29 is 13.6 Å². The summed E-state index contributed by atoms with van der Waals surface area (Å²) in [6, 6.07) is 3.14. The topological polar surface area (TPSA) is 47.8 Å². The first-order valence-electron chi connectivity index (χ1n) is 5.92. The maximum Gasteiger partial charge on any atom is 0.191 e. The summed E-state index contributed by atoms with van der Waals surface area (Å²) in [6.45, 7) is 3.50. The number of rotatable bonds is 4. The van der Waals surface area contributed by atoms with Gasteiger partial charge in [0.15, 0.2) is 22.6 Å². The van der Waals surface area contributed by atoms with Gasteiger partial charge in [-0.2, -0.15) is 0 Å². The highest BCUT2D eigenvalue weighted by Gasteiger charge is 2.20. The molecular weight excluding hydrogens is 284 g/mol. The molecule has 0 fully saturated rings. The van der Waals surface area contributed by atoms with Crippen LogP contribution in [0.1, 0.15) is 23.1 Å². The van der Waals surface area contributed by atoms with E-state index in [4.69, 9.17) is 0 Å². The van der Waals surface area contributed by atoms with Crippen LogP contribution in [0.3, 0.4) is 0 Å². The summed E-state index contributed by atoms with van der Waals surface area (Å²) >= 11 is 1.23. The number of aromatic nitrogens is 3. The first-order valence-corrected chi connectivity index (χ1v) is 6.80. The van der Waals surface area contributed by atoms with E-state index in [2.05, 4.69) is 10.2 Å². The second-order valence-electron chi connectivity index (χ2n) is 4.34. The van der Waals surface area contributed by atoms with Crippen LogP contribution in [0.2, 0.25) is 0 Å². The smallest absolute Gasteiger partial charge is 0.191 e. The molecule has 2 aromatic rings. The molecule has 4 nitrogen and oxygen atoms in total. The number of ketones is 1. The van der Waals surface area contributed by atoms with Gasteiger partial charge in [-0.25, -0.2) is 8.78 Å². The number of carbonyl (C=O) groups is 1. The van der Waals surface area contributed by atoms with E-state index < -0.39 is 16.9 Å². The van der Waals surface area contributed by atoms with E-state index in [-0.39, 0.29) is 11.3 Å². The zero-order chi connectivity index (χ0) is 14.9. The number of carbonyl (C=O) groups excluding carboxylic acids is 1. The number of halogens is 2. The zero-order valence-corrected chi connectivity index (χ0v) is 12.0. The lowest BCUT2D eigenvalue weighted by Crippen LogP contribution is -2.15. The van der Waals surface area contributed by atoms with Crippen LogP contribution in [0, 0.1) is 18.6 Å². The fourth-order valence-electron chi connectivity index (χ4n) is 1.59. The van der Waals surface area contributed by atoms with E-state index >= 15 is 0 Å². The molecule has 1 heterocycles. The molecule has 0 aliphatic heterocycles. The van der Waals surface area contributed by atoms with Gasteiger partial charge in [0, 0.05) is 12.6 Å². The van der Waals surface area contributed by atoms with Crippen LogP contribution in [0.15, 0.2) is 23.4 Å². The van der Waals surface area contributed by atoms with Gasteiger partial charge >= 0.3 is 0 Å². The molecule has 1 atom stereocenters. The molecule has 106 valence electrons. The third-order valence-corrected chi connectivity index (χ3v) is 4.04. The lowest BCUT2D eigenvalue weighted by molar-refractivity contribution is 0.0993. The van der Waals surface area contributed by atoms with Crippen LogP contribution in [0.4, 0.5) is 8.78 Å². The second-order valence-corrected chi connectivity index (χ2v) is 5.65. The van der Waals surface area contributed by atoms with Crippen LogP contribution in [-0.4, -0.2) is 25.8 Å². The van der Waals surface area contributed by atoms with Crippen molar-refractivity contribution in [2.24, 2.45) is 7.05 Å². The third-order valence-electron chi connectivity index (χ3n) is 2.91. The van der Waals surface area contributed by atoms with Crippen molar-refractivity contribution in [3.05, 3.63) is 41.2 Å². The maximum atomic E-state index is 13.1. The van der Waals surface area contributed by atoms with E-state index in [1.807, 2.05) is 0 Å². The largest absolute Gasteiger partial charge is 0.309 e. The van der Waals surface area contributed by atoms with Gasteiger partial charge in [-0.15, -0.1) is 10.2 Å². The van der Waals surface area contributed by atoms with Gasteiger partial charge in [0.2, 0.25) is 0 Å². The summed E-state index contributed by atoms with van der Waals surface area (Å²) in [5.41, 5.74) is 0.141. The molecule has 0 bridgehead atoms. The van der Waals surface area contributed by atoms with Gasteiger partial charge in [0.05, 0.1) is 5.25 Å². The second kappa shape index (κ2) is 5.70. The predicted molar refractivity (Wildman–Crippen MR) is 71.7 cm³/mol. The summed E-state index contributed by atoms with van der Waals surface area (Å²) in [5.74, 6) is -1.54. The van der Waals surface area contributed by atoms with Crippen LogP contribution >= 0.6 is 11.8 Å². The van der Waals surface area contributed by atoms with Crippen molar-refractivity contribution in [2.75, 3.05) is 0 Å². The van der Waals surface area contributed by atoms with Gasteiger partial charge in [-0.3, -0.25) is 4.79 Å². The molecular formula is C13H13F2N3OS. The summed E-state index contributed by atoms with van der Waals surface area (Å²) < 4.78 is 27.8. The minimum Gasteiger partial charge on any atom is -0.309 e. The number of hydrogen-bond donors (Lipinski definition) is 0. The van der Waals surface area contributed by atoms with Gasteiger partial charge in [0.1, 0.15) is 5.82 Å². The van der Waals surface area contributed by atoms with Crippen LogP contribution in [0.25, 0.3) is 0 Å². The van der Waals surface area contributed by atoms with Crippen molar-refractivity contribution in [1.29, 1.82) is 0 Å². The summed E-state index contributed by atoms with van der Waals surface area (Å²) in [5, 5.41) is 7.98. The summed E-state index contributed by atoms with van der Waals surface area (Å²) in [7, 11) is 1.80. The van der Waals surface area contributed by atoms with Crippen LogP contribution < -0.4 is 0 Å². The Balaban J connectivity index is 2.16. The molecule has 0 N–H and O–H groups in total. The first-order chi connectivity index (χ1) is 9.40. The van der Waals surface area contributed by atoms with Crippen molar-refractivity contribution in [3.63, 3.8) is 0 Å². The highest BCUT2D eigenvalue weighted by atomic mass is 32.2. The fourth-order valence-corrected chi connectivity index (χ4v) is 2.52. The third kappa shape index (κ3) is 2.87. The molecule has 0 radical (unpaired) electrons. The Kier molecular flexibility index (Phi) is 4.17. The summed E-state index contributed by atoms with van der Waals surface area (Å²) in [4.78, 5) is 12.2. The highest BCUT2D eigenvalue weighted by molar-refractivity contribution is 8.00. The Morgan fingerprint density at radius 1 is 1.30 bits per heavy atom. The van der Waals surface area contributed by atoms with Crippen LogP contribution in [-0.2, 0) is 7.05 Å². The van der Waals surface area contributed by atoms with Gasteiger partial charge in [-0.05, 0) is 32.0 Å². The fraction of sp³-hybridized carbons (Fsp3) is 0.308. The lowest BCUT2D eigenvalue weighted by Gasteiger charge is -2.10. The minimum absolute atomic E-state index is 0.141. The number of aryl methyl sites for hydroxylation is 1. The lowest BCUT2D eigenvalue weighted by atomic mass is 10.1. The highest BCUT2D eigenvalue weighted by Crippen LogP contribution is 2.24. The number of Topliss-reactive ketones (excluding diaryl/α,β-unsaturated/α-hetero) is 1. The average molecular weight is 297 g/mol. The molecule has 1 unspecified atom stereocenters. The molecule has 0 spiro atoms. The van der Waals surface area contributed by atoms with E-state index in [0.29, 0.717) is 5.16 Å². The molecule has 1 aromatic carbocycles. The van der Waals surface area contributed by atoms with E-state index in [1.165, 1.54) is 17.8 Å². The maximum absolute atomic E-state index is 13.1. The molecule has 20 heavy (non-hydrogen) atoms. The Morgan fingerprint density at radius 2 is 2.00 bits per heavy atom. The van der Waals surface area contributed by atoms with Crippen molar-refractivity contribution >= 4 is 17.5 Å². The van der Waals surface area contributed by atoms with Gasteiger partial charge in [-0.1, -0.05) is 11.8 Å². The van der Waals surface area contributed by atoms with Crippen molar-refractivity contribution in [2.45, 2.75) is 24.3 Å². The average Bonchev–Trinajstić information content (AvgIpc) is 2.73. The Morgan fingerprint density at radius 3 is 2.55 bits per heavy atom. The van der Waals surface area contributed by atoms with Crippen molar-refractivity contribution in [3.8, 4) is 0 Å². The van der Waals surface area contributed by atoms with E-state index in [1.54, 1.807) is 25.5 Å².